The molecule has 0 saturated heterocycles. The van der Waals surface area contributed by atoms with E-state index in [0.29, 0.717) is 11.1 Å². The highest BCUT2D eigenvalue weighted by Crippen LogP contribution is 2.29. The van der Waals surface area contributed by atoms with Crippen LogP contribution in [0, 0.1) is 11.3 Å². The number of nitrogens with zero attached hydrogens (tertiary/aromatic N) is 2. The molecule has 0 saturated carbocycles. The molecule has 1 heterocycles. The maximum atomic E-state index is 11.9. The van der Waals surface area contributed by atoms with Gasteiger partial charge >= 0.3 is 5.97 Å². The number of thioether (sulfide) groups is 1. The van der Waals surface area contributed by atoms with Crippen LogP contribution in [0.5, 0.6) is 0 Å². The van der Waals surface area contributed by atoms with Crippen molar-refractivity contribution in [2.24, 2.45) is 0 Å². The summed E-state index contributed by atoms with van der Waals surface area (Å²) in [4.78, 5) is 16.3. The van der Waals surface area contributed by atoms with E-state index in [1.165, 1.54) is 11.8 Å². The molecule has 0 radical (unpaired) electrons. The van der Waals surface area contributed by atoms with Crippen LogP contribution in [0.4, 0.5) is 0 Å². The first-order chi connectivity index (χ1) is 11.3. The lowest BCUT2D eigenvalue weighted by molar-refractivity contribution is -0.141. The van der Waals surface area contributed by atoms with Gasteiger partial charge in [-0.2, -0.15) is 5.26 Å². The van der Waals surface area contributed by atoms with Gasteiger partial charge in [0.15, 0.2) is 4.34 Å². The van der Waals surface area contributed by atoms with Gasteiger partial charge < -0.3 is 4.74 Å². The number of nitriles is 1. The van der Waals surface area contributed by atoms with Gasteiger partial charge in [-0.05, 0) is 18.2 Å². The monoisotopic (exact) mass is 340 g/mol. The lowest BCUT2D eigenvalue weighted by Gasteiger charge is -2.05. The highest BCUT2D eigenvalue weighted by atomic mass is 32.2. The molecule has 0 fully saturated rings. The molecule has 0 atom stereocenters. The van der Waals surface area contributed by atoms with E-state index in [1.54, 1.807) is 29.5 Å². The quantitative estimate of drug-likeness (QED) is 0.519. The van der Waals surface area contributed by atoms with Gasteiger partial charge in [-0.1, -0.05) is 42.1 Å². The van der Waals surface area contributed by atoms with Gasteiger partial charge in [0.05, 0.1) is 27.6 Å². The highest BCUT2D eigenvalue weighted by Gasteiger charge is 2.10. The molecule has 0 spiro atoms. The van der Waals surface area contributed by atoms with Gasteiger partial charge in [-0.25, -0.2) is 4.98 Å². The Kier molecular flexibility index (Phi) is 4.91. The average Bonchev–Trinajstić information content (AvgIpc) is 3.01. The molecule has 0 bridgehead atoms. The van der Waals surface area contributed by atoms with Crippen molar-refractivity contribution in [3.05, 3.63) is 59.7 Å². The third-order valence-electron chi connectivity index (χ3n) is 3.11. The maximum absolute atomic E-state index is 11.9. The van der Waals surface area contributed by atoms with E-state index < -0.39 is 0 Å². The Morgan fingerprint density at radius 1 is 1.22 bits per heavy atom. The molecule has 3 rings (SSSR count). The second kappa shape index (κ2) is 7.27. The molecule has 0 N–H and O–H groups in total. The summed E-state index contributed by atoms with van der Waals surface area (Å²) in [5.41, 5.74) is 2.18. The fourth-order valence-electron chi connectivity index (χ4n) is 1.99. The van der Waals surface area contributed by atoms with Crippen molar-refractivity contribution in [3.63, 3.8) is 0 Å². The number of hydrogen-bond donors (Lipinski definition) is 0. The molecular weight excluding hydrogens is 328 g/mol. The van der Waals surface area contributed by atoms with Crippen molar-refractivity contribution >= 4 is 39.3 Å². The zero-order chi connectivity index (χ0) is 16.1. The summed E-state index contributed by atoms with van der Waals surface area (Å²) >= 11 is 2.93. The van der Waals surface area contributed by atoms with E-state index in [4.69, 9.17) is 10.00 Å². The SMILES string of the molecule is N#Cc1ccccc1COC(=O)CSc1nc2ccccc2s1. The molecule has 0 aliphatic heterocycles. The van der Waals surface area contributed by atoms with Gasteiger partial charge in [-0.15, -0.1) is 11.3 Å². The van der Waals surface area contributed by atoms with Crippen LogP contribution in [0.15, 0.2) is 52.9 Å². The summed E-state index contributed by atoms with van der Waals surface area (Å²) < 4.78 is 7.18. The molecule has 6 heteroatoms. The van der Waals surface area contributed by atoms with Crippen molar-refractivity contribution in [3.8, 4) is 6.07 Å². The van der Waals surface area contributed by atoms with E-state index in [2.05, 4.69) is 11.1 Å². The predicted octanol–water partition coefficient (Wildman–Crippen LogP) is 4.00. The van der Waals surface area contributed by atoms with Gasteiger partial charge in [0.25, 0.3) is 0 Å². The number of carbonyl (C=O) groups is 1. The Morgan fingerprint density at radius 2 is 2.00 bits per heavy atom. The second-order valence-corrected chi connectivity index (χ2v) is 6.92. The fourth-order valence-corrected chi connectivity index (χ4v) is 3.85. The number of thiazole rings is 1. The molecular formula is C17H12N2O2S2. The zero-order valence-corrected chi connectivity index (χ0v) is 13.7. The van der Waals surface area contributed by atoms with Crippen LogP contribution < -0.4 is 0 Å². The molecule has 0 aliphatic rings. The Labute approximate surface area is 141 Å². The lowest BCUT2D eigenvalue weighted by Crippen LogP contribution is -2.07. The summed E-state index contributed by atoms with van der Waals surface area (Å²) in [7, 11) is 0. The summed E-state index contributed by atoms with van der Waals surface area (Å²) in [6, 6.07) is 17.1. The number of rotatable bonds is 5. The summed E-state index contributed by atoms with van der Waals surface area (Å²) in [6.45, 7) is 0.114. The van der Waals surface area contributed by atoms with Crippen LogP contribution >= 0.6 is 23.1 Å². The first kappa shape index (κ1) is 15.5. The van der Waals surface area contributed by atoms with Crippen LogP contribution in [0.2, 0.25) is 0 Å². The minimum atomic E-state index is -0.318. The zero-order valence-electron chi connectivity index (χ0n) is 12.1. The number of para-hydroxylation sites is 1. The number of fused-ring (bicyclic) bond motifs is 1. The van der Waals surface area contributed by atoms with E-state index in [-0.39, 0.29) is 18.3 Å². The second-order valence-electron chi connectivity index (χ2n) is 4.67. The van der Waals surface area contributed by atoms with Gasteiger partial charge in [-0.3, -0.25) is 4.79 Å². The van der Waals surface area contributed by atoms with Crippen molar-refractivity contribution < 1.29 is 9.53 Å². The highest BCUT2D eigenvalue weighted by molar-refractivity contribution is 8.01. The topological polar surface area (TPSA) is 63.0 Å². The molecule has 114 valence electrons. The van der Waals surface area contributed by atoms with Crippen LogP contribution in [0.25, 0.3) is 10.2 Å². The van der Waals surface area contributed by atoms with E-state index in [1.807, 2.05) is 30.3 Å². The number of carbonyl (C=O) groups excluding carboxylic acids is 1. The first-order valence-corrected chi connectivity index (χ1v) is 8.68. The Bertz CT molecular complexity index is 850. The largest absolute Gasteiger partial charge is 0.460 e. The lowest BCUT2D eigenvalue weighted by atomic mass is 10.1. The number of esters is 1. The standard InChI is InChI=1S/C17H12N2O2S2/c18-9-12-5-1-2-6-13(12)10-21-16(20)11-22-17-19-14-7-3-4-8-15(14)23-17/h1-8H,10-11H2. The normalized spacial score (nSPS) is 10.4. The van der Waals surface area contributed by atoms with Crippen LogP contribution in [-0.2, 0) is 16.1 Å². The van der Waals surface area contributed by atoms with E-state index in [0.717, 1.165) is 14.6 Å². The summed E-state index contributed by atoms with van der Waals surface area (Å²) in [6.07, 6.45) is 0. The predicted molar refractivity (Wildman–Crippen MR) is 91.3 cm³/mol. The molecule has 23 heavy (non-hydrogen) atoms. The van der Waals surface area contributed by atoms with E-state index in [9.17, 15) is 4.79 Å². The third kappa shape index (κ3) is 3.89. The molecule has 2 aromatic carbocycles. The number of aromatic nitrogens is 1. The minimum Gasteiger partial charge on any atom is -0.460 e. The van der Waals surface area contributed by atoms with Crippen molar-refractivity contribution in [2.75, 3.05) is 5.75 Å². The maximum Gasteiger partial charge on any atom is 0.316 e. The number of benzene rings is 2. The number of ether oxygens (including phenoxy) is 1. The molecule has 1 aromatic heterocycles. The molecule has 0 unspecified atom stereocenters. The first-order valence-electron chi connectivity index (χ1n) is 6.88. The molecule has 4 nitrogen and oxygen atoms in total. The molecule has 3 aromatic rings. The van der Waals surface area contributed by atoms with Gasteiger partial charge in [0.1, 0.15) is 6.61 Å². The van der Waals surface area contributed by atoms with Crippen LogP contribution in [0.3, 0.4) is 0 Å². The third-order valence-corrected chi connectivity index (χ3v) is 5.27. The Balaban J connectivity index is 1.54. The Hall–Kier alpha value is -2.36. The van der Waals surface area contributed by atoms with Gasteiger partial charge in [0.2, 0.25) is 0 Å². The Morgan fingerprint density at radius 3 is 2.83 bits per heavy atom. The smallest absolute Gasteiger partial charge is 0.316 e. The van der Waals surface area contributed by atoms with Crippen molar-refractivity contribution in [2.45, 2.75) is 10.9 Å². The number of hydrogen-bond acceptors (Lipinski definition) is 6. The van der Waals surface area contributed by atoms with Gasteiger partial charge in [0, 0.05) is 5.56 Å². The van der Waals surface area contributed by atoms with E-state index >= 15 is 0 Å². The van der Waals surface area contributed by atoms with Crippen molar-refractivity contribution in [1.82, 2.24) is 4.98 Å². The van der Waals surface area contributed by atoms with Crippen LogP contribution in [0.1, 0.15) is 11.1 Å². The fraction of sp³-hybridized carbons (Fsp3) is 0.118. The van der Waals surface area contributed by atoms with Crippen molar-refractivity contribution in [1.29, 1.82) is 5.26 Å². The molecule has 0 amide bonds. The summed E-state index contributed by atoms with van der Waals surface area (Å²) in [5.74, 6) is -0.115. The average molecular weight is 340 g/mol. The summed E-state index contributed by atoms with van der Waals surface area (Å²) in [5, 5.41) is 9.00. The minimum absolute atomic E-state index is 0.114. The van der Waals surface area contributed by atoms with Crippen LogP contribution in [-0.4, -0.2) is 16.7 Å². The molecule has 0 aliphatic carbocycles.